The van der Waals surface area contributed by atoms with Crippen molar-refractivity contribution in [3.05, 3.63) is 42.1 Å². The highest BCUT2D eigenvalue weighted by Gasteiger charge is 2.27. The van der Waals surface area contributed by atoms with Gasteiger partial charge in [0.05, 0.1) is 11.1 Å². The maximum Gasteiger partial charge on any atom is 0.256 e. The number of para-hydroxylation sites is 1. The predicted octanol–water partition coefficient (Wildman–Crippen LogP) is 2.43. The first kappa shape index (κ1) is 14.0. The van der Waals surface area contributed by atoms with Gasteiger partial charge in [-0.1, -0.05) is 18.2 Å². The molecular formula is C17H21N3O. The third kappa shape index (κ3) is 2.76. The Morgan fingerprint density at radius 1 is 1.38 bits per heavy atom. The van der Waals surface area contributed by atoms with Gasteiger partial charge in [0.2, 0.25) is 0 Å². The maximum absolute atomic E-state index is 12.8. The SMILES string of the molecule is CC(N)C1CCCN(C(=O)c2cccc3cccnc23)C1. The number of aromatic nitrogens is 1. The van der Waals surface area contributed by atoms with Crippen LogP contribution < -0.4 is 5.73 Å². The summed E-state index contributed by atoms with van der Waals surface area (Å²) in [5.74, 6) is 0.468. The first-order chi connectivity index (χ1) is 10.2. The quantitative estimate of drug-likeness (QED) is 0.921. The Balaban J connectivity index is 1.90. The number of benzene rings is 1. The fourth-order valence-electron chi connectivity index (χ4n) is 3.07. The third-order valence-electron chi connectivity index (χ3n) is 4.35. The summed E-state index contributed by atoms with van der Waals surface area (Å²) in [4.78, 5) is 19.1. The molecule has 0 saturated carbocycles. The molecule has 0 bridgehead atoms. The third-order valence-corrected chi connectivity index (χ3v) is 4.35. The number of piperidine rings is 1. The Morgan fingerprint density at radius 3 is 3.00 bits per heavy atom. The fourth-order valence-corrected chi connectivity index (χ4v) is 3.07. The first-order valence-corrected chi connectivity index (χ1v) is 7.55. The smallest absolute Gasteiger partial charge is 0.256 e. The van der Waals surface area contributed by atoms with Crippen molar-refractivity contribution in [1.82, 2.24) is 9.88 Å². The van der Waals surface area contributed by atoms with E-state index in [0.29, 0.717) is 11.5 Å². The van der Waals surface area contributed by atoms with Gasteiger partial charge in [-0.3, -0.25) is 9.78 Å². The molecule has 0 spiro atoms. The molecule has 4 nitrogen and oxygen atoms in total. The minimum absolute atomic E-state index is 0.0738. The number of amides is 1. The molecule has 3 rings (SSSR count). The van der Waals surface area contributed by atoms with Crippen molar-refractivity contribution < 1.29 is 4.79 Å². The summed E-state index contributed by atoms with van der Waals surface area (Å²) in [7, 11) is 0. The summed E-state index contributed by atoms with van der Waals surface area (Å²) in [5.41, 5.74) is 7.49. The lowest BCUT2D eigenvalue weighted by atomic mass is 9.91. The first-order valence-electron chi connectivity index (χ1n) is 7.55. The highest BCUT2D eigenvalue weighted by molar-refractivity contribution is 6.05. The second-order valence-electron chi connectivity index (χ2n) is 5.89. The standard InChI is InChI=1S/C17H21N3O/c1-12(18)14-7-4-10-20(11-14)17(21)15-8-2-5-13-6-3-9-19-16(13)15/h2-3,5-6,8-9,12,14H,4,7,10-11,18H2,1H3. The number of fused-ring (bicyclic) bond motifs is 1. The van der Waals surface area contributed by atoms with Crippen molar-refractivity contribution in [2.75, 3.05) is 13.1 Å². The van der Waals surface area contributed by atoms with E-state index in [9.17, 15) is 4.79 Å². The van der Waals surface area contributed by atoms with Gasteiger partial charge in [-0.2, -0.15) is 0 Å². The molecule has 2 unspecified atom stereocenters. The molecule has 1 aliphatic heterocycles. The lowest BCUT2D eigenvalue weighted by molar-refractivity contribution is 0.0663. The summed E-state index contributed by atoms with van der Waals surface area (Å²) < 4.78 is 0. The van der Waals surface area contributed by atoms with Crippen LogP contribution in [-0.2, 0) is 0 Å². The van der Waals surface area contributed by atoms with Crippen LogP contribution >= 0.6 is 0 Å². The number of nitrogens with zero attached hydrogens (tertiary/aromatic N) is 2. The number of carbonyl (C=O) groups is 1. The number of hydrogen-bond acceptors (Lipinski definition) is 3. The maximum atomic E-state index is 12.8. The summed E-state index contributed by atoms with van der Waals surface area (Å²) in [6.45, 7) is 3.59. The molecule has 1 amide bonds. The van der Waals surface area contributed by atoms with Gasteiger partial charge in [-0.25, -0.2) is 0 Å². The molecule has 1 fully saturated rings. The Labute approximate surface area is 125 Å². The summed E-state index contributed by atoms with van der Waals surface area (Å²) in [5, 5.41) is 1.00. The Bertz CT molecular complexity index is 648. The van der Waals surface area contributed by atoms with Gasteiger partial charge in [0, 0.05) is 30.7 Å². The molecule has 0 radical (unpaired) electrons. The van der Waals surface area contributed by atoms with Crippen molar-refractivity contribution in [2.24, 2.45) is 11.7 Å². The molecule has 1 aliphatic rings. The molecule has 1 aromatic heterocycles. The molecule has 21 heavy (non-hydrogen) atoms. The van der Waals surface area contributed by atoms with Crippen LogP contribution in [0.4, 0.5) is 0 Å². The van der Waals surface area contributed by atoms with Gasteiger partial charge < -0.3 is 10.6 Å². The van der Waals surface area contributed by atoms with Gasteiger partial charge >= 0.3 is 0 Å². The minimum atomic E-state index is 0.0738. The van der Waals surface area contributed by atoms with Gasteiger partial charge in [0.15, 0.2) is 0 Å². The van der Waals surface area contributed by atoms with E-state index in [1.807, 2.05) is 42.2 Å². The molecule has 1 aromatic carbocycles. The van der Waals surface area contributed by atoms with E-state index in [-0.39, 0.29) is 11.9 Å². The highest BCUT2D eigenvalue weighted by Crippen LogP contribution is 2.23. The molecule has 0 aliphatic carbocycles. The van der Waals surface area contributed by atoms with Crippen molar-refractivity contribution in [1.29, 1.82) is 0 Å². The average Bonchev–Trinajstić information content (AvgIpc) is 2.53. The van der Waals surface area contributed by atoms with Gasteiger partial charge in [-0.05, 0) is 37.8 Å². The van der Waals surface area contributed by atoms with Crippen LogP contribution in [0.2, 0.25) is 0 Å². The molecule has 2 N–H and O–H groups in total. The highest BCUT2D eigenvalue weighted by atomic mass is 16.2. The van der Waals surface area contributed by atoms with Crippen molar-refractivity contribution in [2.45, 2.75) is 25.8 Å². The van der Waals surface area contributed by atoms with Crippen molar-refractivity contribution >= 4 is 16.8 Å². The zero-order valence-corrected chi connectivity index (χ0v) is 12.3. The van der Waals surface area contributed by atoms with E-state index in [0.717, 1.165) is 36.8 Å². The average molecular weight is 283 g/mol. The van der Waals surface area contributed by atoms with Crippen LogP contribution in [-0.4, -0.2) is 34.9 Å². The molecule has 110 valence electrons. The number of hydrogen-bond donors (Lipinski definition) is 1. The van der Waals surface area contributed by atoms with E-state index < -0.39 is 0 Å². The largest absolute Gasteiger partial charge is 0.338 e. The van der Waals surface area contributed by atoms with Crippen LogP contribution in [0.5, 0.6) is 0 Å². The number of rotatable bonds is 2. The molecule has 4 heteroatoms. The minimum Gasteiger partial charge on any atom is -0.338 e. The van der Waals surface area contributed by atoms with Crippen LogP contribution in [0, 0.1) is 5.92 Å². The monoisotopic (exact) mass is 283 g/mol. The second-order valence-corrected chi connectivity index (χ2v) is 5.89. The predicted molar refractivity (Wildman–Crippen MR) is 84.0 cm³/mol. The topological polar surface area (TPSA) is 59.2 Å². The van der Waals surface area contributed by atoms with E-state index in [1.165, 1.54) is 0 Å². The van der Waals surface area contributed by atoms with Crippen LogP contribution in [0.1, 0.15) is 30.1 Å². The molecule has 2 atom stereocenters. The lowest BCUT2D eigenvalue weighted by Gasteiger charge is -2.34. The Kier molecular flexibility index (Phi) is 3.88. The molecule has 1 saturated heterocycles. The van der Waals surface area contributed by atoms with Crippen LogP contribution in [0.15, 0.2) is 36.5 Å². The van der Waals surface area contributed by atoms with E-state index in [2.05, 4.69) is 4.98 Å². The molecule has 2 aromatic rings. The van der Waals surface area contributed by atoms with E-state index in [4.69, 9.17) is 5.73 Å². The summed E-state index contributed by atoms with van der Waals surface area (Å²) in [6, 6.07) is 9.78. The normalized spacial score (nSPS) is 20.5. The van der Waals surface area contributed by atoms with Crippen LogP contribution in [0.25, 0.3) is 10.9 Å². The fraction of sp³-hybridized carbons (Fsp3) is 0.412. The molecule has 2 heterocycles. The summed E-state index contributed by atoms with van der Waals surface area (Å²) >= 11 is 0. The zero-order chi connectivity index (χ0) is 14.8. The van der Waals surface area contributed by atoms with Gasteiger partial charge in [0.25, 0.3) is 5.91 Å². The number of carbonyl (C=O) groups excluding carboxylic acids is 1. The number of pyridine rings is 1. The second kappa shape index (κ2) is 5.82. The molecular weight excluding hydrogens is 262 g/mol. The van der Waals surface area contributed by atoms with E-state index >= 15 is 0 Å². The van der Waals surface area contributed by atoms with Gasteiger partial charge in [-0.15, -0.1) is 0 Å². The summed E-state index contributed by atoms with van der Waals surface area (Å²) in [6.07, 6.45) is 3.87. The van der Waals surface area contributed by atoms with Crippen molar-refractivity contribution in [3.63, 3.8) is 0 Å². The number of likely N-dealkylation sites (tertiary alicyclic amines) is 1. The number of nitrogens with two attached hydrogens (primary N) is 1. The Hall–Kier alpha value is -1.94. The lowest BCUT2D eigenvalue weighted by Crippen LogP contribution is -2.45. The zero-order valence-electron chi connectivity index (χ0n) is 12.3. The van der Waals surface area contributed by atoms with Crippen LogP contribution in [0.3, 0.4) is 0 Å². The Morgan fingerprint density at radius 2 is 2.19 bits per heavy atom. The van der Waals surface area contributed by atoms with Gasteiger partial charge in [0.1, 0.15) is 0 Å². The van der Waals surface area contributed by atoms with Crippen molar-refractivity contribution in [3.8, 4) is 0 Å². The van der Waals surface area contributed by atoms with E-state index in [1.54, 1.807) is 6.20 Å².